The molecule has 0 bridgehead atoms. The third-order valence-electron chi connectivity index (χ3n) is 6.84. The van der Waals surface area contributed by atoms with Crippen LogP contribution in [-0.4, -0.2) is 89.4 Å². The van der Waals surface area contributed by atoms with Gasteiger partial charge in [0, 0.05) is 49.3 Å². The van der Waals surface area contributed by atoms with Crippen LogP contribution >= 0.6 is 11.3 Å². The van der Waals surface area contributed by atoms with Crippen molar-refractivity contribution < 1.29 is 40.0 Å². The van der Waals surface area contributed by atoms with E-state index in [9.17, 15) is 40.0 Å². The van der Waals surface area contributed by atoms with Gasteiger partial charge in [-0.05, 0) is 32.8 Å². The third-order valence-corrected chi connectivity index (χ3v) is 9.42. The van der Waals surface area contributed by atoms with Gasteiger partial charge in [-0.3, -0.25) is 9.59 Å². The number of thiazole rings is 1. The lowest BCUT2D eigenvalue weighted by Gasteiger charge is -2.37. The summed E-state index contributed by atoms with van der Waals surface area (Å²) in [7, 11) is -3.37. The van der Waals surface area contributed by atoms with Gasteiger partial charge in [-0.1, -0.05) is 0 Å². The summed E-state index contributed by atoms with van der Waals surface area (Å²) in [6.07, 6.45) is -4.36. The fourth-order valence-electron chi connectivity index (χ4n) is 4.34. The van der Waals surface area contributed by atoms with Crippen LogP contribution in [0.4, 0.5) is 27.8 Å². The quantitative estimate of drug-likeness (QED) is 0.482. The zero-order valence-electron chi connectivity index (χ0n) is 21.1. The van der Waals surface area contributed by atoms with Crippen molar-refractivity contribution in [3.8, 4) is 10.4 Å². The summed E-state index contributed by atoms with van der Waals surface area (Å²) in [6.45, 7) is 2.90. The average Bonchev–Trinajstić information content (AvgIpc) is 3.42. The van der Waals surface area contributed by atoms with Crippen molar-refractivity contribution in [3.63, 3.8) is 0 Å². The maximum absolute atomic E-state index is 14.2. The van der Waals surface area contributed by atoms with Crippen molar-refractivity contribution in [2.45, 2.75) is 56.6 Å². The molecule has 4 heterocycles. The van der Waals surface area contributed by atoms with Crippen molar-refractivity contribution >= 4 is 38.8 Å². The lowest BCUT2D eigenvalue weighted by atomic mass is 10.1. The van der Waals surface area contributed by atoms with Crippen LogP contribution in [0.5, 0.6) is 0 Å². The number of halogens is 5. The number of carbonyl (C=O) groups is 2. The highest BCUT2D eigenvalue weighted by Crippen LogP contribution is 2.39. The highest BCUT2D eigenvalue weighted by atomic mass is 32.2. The van der Waals surface area contributed by atoms with Crippen LogP contribution in [0.15, 0.2) is 12.3 Å². The number of nitrogens with one attached hydrogen (secondary N) is 1. The molecule has 0 radical (unpaired) electrons. The fraction of sp³-hybridized carbons (Fsp3) is 0.565. The number of anilines is 1. The summed E-state index contributed by atoms with van der Waals surface area (Å²) in [6, 6.07) is -1.43. The van der Waals surface area contributed by atoms with E-state index in [0.717, 1.165) is 38.3 Å². The maximum atomic E-state index is 14.2. The number of nitrogens with zero attached hydrogens (tertiary/aromatic N) is 4. The molecule has 1 N–H and O–H groups in total. The molecule has 0 saturated carbocycles. The normalized spacial score (nSPS) is 19.4. The fourth-order valence-corrected chi connectivity index (χ4v) is 6.30. The van der Waals surface area contributed by atoms with E-state index in [0.29, 0.717) is 17.9 Å². The van der Waals surface area contributed by atoms with E-state index in [1.165, 1.54) is 9.80 Å². The maximum Gasteiger partial charge on any atom is 0.408 e. The summed E-state index contributed by atoms with van der Waals surface area (Å²) < 4.78 is 90.7. The van der Waals surface area contributed by atoms with E-state index in [1.807, 2.05) is 12.2 Å². The second-order valence-electron chi connectivity index (χ2n) is 9.71. The lowest BCUT2D eigenvalue weighted by Crippen LogP contribution is -2.56. The molecule has 2 aliphatic heterocycles. The summed E-state index contributed by atoms with van der Waals surface area (Å²) in [4.78, 5) is 37.3. The summed E-state index contributed by atoms with van der Waals surface area (Å²) >= 11 is 0.678. The number of carbonyl (C=O) groups excluding carboxylic acids is 2. The van der Waals surface area contributed by atoms with Crippen LogP contribution in [-0.2, 0) is 9.84 Å². The summed E-state index contributed by atoms with van der Waals surface area (Å²) in [5.74, 6) is -1.66. The summed E-state index contributed by atoms with van der Waals surface area (Å²) in [5, 5.41) is 1.12. The van der Waals surface area contributed by atoms with E-state index in [1.54, 1.807) is 0 Å². The number of hydrogen-bond donors (Lipinski definition) is 1. The van der Waals surface area contributed by atoms with E-state index in [-0.39, 0.29) is 40.3 Å². The highest BCUT2D eigenvalue weighted by molar-refractivity contribution is 7.91. The molecule has 2 aromatic rings. The second kappa shape index (κ2) is 10.6. The number of amides is 2. The first kappa shape index (κ1) is 29.1. The number of alkyl halides is 5. The van der Waals surface area contributed by atoms with Gasteiger partial charge >= 0.3 is 6.18 Å². The number of likely N-dealkylation sites (tertiary alicyclic amines) is 2. The van der Waals surface area contributed by atoms with Crippen LogP contribution in [0.1, 0.15) is 59.0 Å². The molecule has 0 unspecified atom stereocenters. The predicted molar refractivity (Wildman–Crippen MR) is 134 cm³/mol. The van der Waals surface area contributed by atoms with Crippen molar-refractivity contribution in [3.05, 3.63) is 28.5 Å². The van der Waals surface area contributed by atoms with Gasteiger partial charge in [0.2, 0.25) is 0 Å². The molecule has 214 valence electrons. The average molecular weight is 596 g/mol. The SMILES string of the molecule is C[C@H](Nc1cc(C(F)F)c(-c2sc(C(=O)N3CC(S(C)(=O)=O)C3)nc2C(=O)N2CCC[C@@H]2C)cn1)C(F)(F)F. The number of sulfone groups is 1. The Bertz CT molecular complexity index is 1380. The van der Waals surface area contributed by atoms with Crippen LogP contribution in [0.25, 0.3) is 10.4 Å². The van der Waals surface area contributed by atoms with Gasteiger partial charge in [0.25, 0.3) is 18.2 Å². The minimum Gasteiger partial charge on any atom is -0.359 e. The Labute approximate surface area is 225 Å². The van der Waals surface area contributed by atoms with Gasteiger partial charge in [0.15, 0.2) is 14.8 Å². The standard InChI is InChI=1S/C23H26F5N5O4S2/c1-11-5-4-6-33(11)21(34)17-18(38-20(31-17)22(35)32-9-13(10-32)39(3,36)37)15-8-29-16(7-14(15)19(24)25)30-12(2)23(26,27)28/h7-8,11-13,19H,4-6,9-10H2,1-3H3,(H,29,30)/t11-,12-/m0/s1. The zero-order valence-corrected chi connectivity index (χ0v) is 22.8. The van der Waals surface area contributed by atoms with Crippen molar-refractivity contribution in [2.75, 3.05) is 31.2 Å². The molecule has 0 aliphatic carbocycles. The molecular formula is C23H26F5N5O4S2. The minimum absolute atomic E-state index is 0.0687. The smallest absolute Gasteiger partial charge is 0.359 e. The largest absolute Gasteiger partial charge is 0.408 e. The zero-order chi connectivity index (χ0) is 28.9. The third kappa shape index (κ3) is 6.00. The Kier molecular flexibility index (Phi) is 7.91. The lowest BCUT2D eigenvalue weighted by molar-refractivity contribution is -0.138. The van der Waals surface area contributed by atoms with Crippen molar-refractivity contribution in [1.82, 2.24) is 19.8 Å². The van der Waals surface area contributed by atoms with Crippen molar-refractivity contribution in [1.29, 1.82) is 0 Å². The Balaban J connectivity index is 1.74. The molecule has 0 aromatic carbocycles. The molecule has 0 spiro atoms. The number of hydrogen-bond acceptors (Lipinski definition) is 8. The first-order chi connectivity index (χ1) is 18.1. The Morgan fingerprint density at radius 3 is 2.41 bits per heavy atom. The molecule has 39 heavy (non-hydrogen) atoms. The molecule has 2 amide bonds. The van der Waals surface area contributed by atoms with Crippen LogP contribution in [0.2, 0.25) is 0 Å². The molecule has 9 nitrogen and oxygen atoms in total. The van der Waals surface area contributed by atoms with E-state index in [4.69, 9.17) is 0 Å². The molecule has 2 fully saturated rings. The van der Waals surface area contributed by atoms with E-state index in [2.05, 4.69) is 9.97 Å². The first-order valence-corrected chi connectivity index (χ1v) is 14.8. The summed E-state index contributed by atoms with van der Waals surface area (Å²) in [5.41, 5.74) is -1.17. The van der Waals surface area contributed by atoms with Gasteiger partial charge in [-0.15, -0.1) is 11.3 Å². The predicted octanol–water partition coefficient (Wildman–Crippen LogP) is 4.00. The van der Waals surface area contributed by atoms with Crippen LogP contribution < -0.4 is 5.32 Å². The minimum atomic E-state index is -4.64. The topological polar surface area (TPSA) is 113 Å². The van der Waals surface area contributed by atoms with Gasteiger partial charge in [0.1, 0.15) is 17.6 Å². The number of pyridine rings is 1. The Morgan fingerprint density at radius 2 is 1.87 bits per heavy atom. The number of aromatic nitrogens is 2. The van der Waals surface area contributed by atoms with Crippen molar-refractivity contribution in [2.24, 2.45) is 0 Å². The molecule has 2 aliphatic rings. The Hall–Kier alpha value is -2.88. The molecule has 2 atom stereocenters. The van der Waals surface area contributed by atoms with E-state index < -0.39 is 56.9 Å². The Morgan fingerprint density at radius 1 is 1.21 bits per heavy atom. The van der Waals surface area contributed by atoms with Crippen LogP contribution in [0.3, 0.4) is 0 Å². The first-order valence-electron chi connectivity index (χ1n) is 12.0. The molecule has 16 heteroatoms. The van der Waals surface area contributed by atoms with Gasteiger partial charge < -0.3 is 15.1 Å². The monoisotopic (exact) mass is 595 g/mol. The van der Waals surface area contributed by atoms with Gasteiger partial charge in [-0.2, -0.15) is 13.2 Å². The van der Waals surface area contributed by atoms with E-state index >= 15 is 0 Å². The molecular weight excluding hydrogens is 569 g/mol. The van der Waals surface area contributed by atoms with Gasteiger partial charge in [0.05, 0.1) is 10.1 Å². The van der Waals surface area contributed by atoms with Crippen LogP contribution in [0, 0.1) is 0 Å². The molecule has 4 rings (SSSR count). The molecule has 2 aromatic heterocycles. The molecule has 2 saturated heterocycles. The second-order valence-corrected chi connectivity index (χ2v) is 13.0. The number of rotatable bonds is 7. The van der Waals surface area contributed by atoms with Gasteiger partial charge in [-0.25, -0.2) is 27.2 Å². The highest BCUT2D eigenvalue weighted by Gasteiger charge is 2.40.